The number of ether oxygens (including phenoxy) is 7. The van der Waals surface area contributed by atoms with E-state index < -0.39 is 85.3 Å². The Labute approximate surface area is 371 Å². The fourth-order valence-corrected chi connectivity index (χ4v) is 7.03. The van der Waals surface area contributed by atoms with E-state index in [1.807, 2.05) is 6.07 Å². The molecule has 2 atom stereocenters. The minimum absolute atomic E-state index is 0.0188. The van der Waals surface area contributed by atoms with Crippen LogP contribution in [0.3, 0.4) is 0 Å². The summed E-state index contributed by atoms with van der Waals surface area (Å²) < 4.78 is 54.4. The van der Waals surface area contributed by atoms with Crippen LogP contribution >= 0.6 is 0 Å². The molecule has 1 aliphatic rings. The molecule has 0 aliphatic heterocycles. The number of hydrogen-bond acceptors (Lipinski definition) is 13. The fourth-order valence-electron chi connectivity index (χ4n) is 7.03. The van der Waals surface area contributed by atoms with Crippen LogP contribution in [-0.2, 0) is 63.8 Å². The molecule has 0 amide bonds. The topological polar surface area (TPSA) is 167 Å². The lowest BCUT2D eigenvalue weighted by molar-refractivity contribution is -0.171. The molecule has 2 aromatic rings. The first-order valence-corrected chi connectivity index (χ1v) is 21.8. The summed E-state index contributed by atoms with van der Waals surface area (Å²) in [4.78, 5) is 76.2. The Morgan fingerprint density at radius 2 is 1.19 bits per heavy atom. The predicted octanol–water partition coefficient (Wildman–Crippen LogP) is 8.94. The van der Waals surface area contributed by atoms with Gasteiger partial charge >= 0.3 is 35.8 Å². The monoisotopic (exact) mass is 880 g/mol. The number of benzene rings is 2. The van der Waals surface area contributed by atoms with Crippen molar-refractivity contribution in [1.29, 1.82) is 0 Å². The van der Waals surface area contributed by atoms with Gasteiger partial charge in [-0.3, -0.25) is 19.2 Å². The van der Waals surface area contributed by atoms with Crippen LogP contribution < -0.4 is 4.74 Å². The largest absolute Gasteiger partial charge is 0.493 e. The molecule has 0 saturated heterocycles. The maximum atomic E-state index is 16.1. The van der Waals surface area contributed by atoms with Crippen molar-refractivity contribution in [2.75, 3.05) is 39.6 Å². The molecule has 0 spiro atoms. The molecule has 0 radical (unpaired) electrons. The van der Waals surface area contributed by atoms with E-state index in [-0.39, 0.29) is 48.2 Å². The van der Waals surface area contributed by atoms with Crippen LogP contribution in [0.5, 0.6) is 5.75 Å². The zero-order valence-corrected chi connectivity index (χ0v) is 38.0. The van der Waals surface area contributed by atoms with Crippen LogP contribution in [0.25, 0.3) is 11.1 Å². The van der Waals surface area contributed by atoms with Crippen molar-refractivity contribution in [3.8, 4) is 16.9 Å². The number of halogens is 1. The standard InChI is InChI=1S/C49H65FO13/c1-10-13-14-15-35-16-18-36(19-17-35)37-20-22-41(42(50)25-37)40-23-21-39(24-38(40)26-59-43(51)31(4)5)60-27-49(28-61-44(52)32(6)7,29-62-47(55)33(8)45(53)57-11-2)30-63-48(56)34(9)46(54)58-12-3/h20-25,33-36H,4,6,10-19,26-30H2,1-3,5,7-9H3. The molecule has 1 fully saturated rings. The molecule has 346 valence electrons. The Morgan fingerprint density at radius 1 is 0.667 bits per heavy atom. The lowest BCUT2D eigenvalue weighted by atomic mass is 9.77. The predicted molar refractivity (Wildman–Crippen MR) is 232 cm³/mol. The van der Waals surface area contributed by atoms with Crippen LogP contribution in [0.15, 0.2) is 60.7 Å². The molecule has 0 N–H and O–H groups in total. The zero-order valence-electron chi connectivity index (χ0n) is 38.0. The first-order chi connectivity index (χ1) is 29.9. The molecule has 0 aromatic heterocycles. The van der Waals surface area contributed by atoms with Crippen molar-refractivity contribution in [3.63, 3.8) is 0 Å². The summed E-state index contributed by atoms with van der Waals surface area (Å²) in [5.74, 6) is -7.08. The number of rotatable bonds is 25. The summed E-state index contributed by atoms with van der Waals surface area (Å²) >= 11 is 0. The van der Waals surface area contributed by atoms with Crippen molar-refractivity contribution >= 4 is 35.8 Å². The summed E-state index contributed by atoms with van der Waals surface area (Å²) in [7, 11) is 0. The van der Waals surface area contributed by atoms with Gasteiger partial charge in [-0.15, -0.1) is 0 Å². The second kappa shape index (κ2) is 25.5. The lowest BCUT2D eigenvalue weighted by Crippen LogP contribution is -2.45. The highest BCUT2D eigenvalue weighted by atomic mass is 19.1. The van der Waals surface area contributed by atoms with Crippen molar-refractivity contribution < 1.29 is 66.3 Å². The van der Waals surface area contributed by atoms with E-state index in [2.05, 4.69) is 20.1 Å². The molecule has 1 aliphatic carbocycles. The van der Waals surface area contributed by atoms with Gasteiger partial charge in [0.15, 0.2) is 11.8 Å². The number of unbranched alkanes of at least 4 members (excludes halogenated alkanes) is 2. The molecule has 0 bridgehead atoms. The van der Waals surface area contributed by atoms with E-state index in [1.165, 1.54) is 53.4 Å². The summed E-state index contributed by atoms with van der Waals surface area (Å²) in [5.41, 5.74) is 0.591. The number of hydrogen-bond donors (Lipinski definition) is 0. The summed E-state index contributed by atoms with van der Waals surface area (Å²) in [6.07, 6.45) is 9.18. The van der Waals surface area contributed by atoms with Gasteiger partial charge in [0.1, 0.15) is 50.0 Å². The molecule has 1 saturated carbocycles. The van der Waals surface area contributed by atoms with Gasteiger partial charge < -0.3 is 33.2 Å². The normalized spacial score (nSPS) is 16.6. The molecule has 13 nitrogen and oxygen atoms in total. The van der Waals surface area contributed by atoms with Crippen molar-refractivity contribution in [3.05, 3.63) is 77.6 Å². The van der Waals surface area contributed by atoms with Crippen LogP contribution in [0.2, 0.25) is 0 Å². The van der Waals surface area contributed by atoms with Crippen LogP contribution in [0.4, 0.5) is 4.39 Å². The lowest BCUT2D eigenvalue weighted by Gasteiger charge is -2.32. The Balaban J connectivity index is 2.00. The van der Waals surface area contributed by atoms with Gasteiger partial charge in [0.05, 0.1) is 13.2 Å². The maximum Gasteiger partial charge on any atom is 0.333 e. The fraction of sp³-hybridized carbons (Fsp3) is 0.551. The van der Waals surface area contributed by atoms with Gasteiger partial charge in [-0.25, -0.2) is 14.0 Å². The minimum atomic E-state index is -1.65. The second-order valence-corrected chi connectivity index (χ2v) is 16.4. The first-order valence-electron chi connectivity index (χ1n) is 21.8. The minimum Gasteiger partial charge on any atom is -0.493 e. The maximum absolute atomic E-state index is 16.1. The van der Waals surface area contributed by atoms with Crippen LogP contribution in [0, 0.1) is 29.0 Å². The summed E-state index contributed by atoms with van der Waals surface area (Å²) in [6, 6.07) is 9.98. The van der Waals surface area contributed by atoms with Gasteiger partial charge in [-0.05, 0) is 108 Å². The third kappa shape index (κ3) is 16.0. The highest BCUT2D eigenvalue weighted by Crippen LogP contribution is 2.40. The summed E-state index contributed by atoms with van der Waals surface area (Å²) in [5, 5.41) is 0. The van der Waals surface area contributed by atoms with E-state index >= 15 is 4.39 Å². The van der Waals surface area contributed by atoms with Crippen molar-refractivity contribution in [1.82, 2.24) is 0 Å². The average molecular weight is 881 g/mol. The number of carbonyl (C=O) groups excluding carboxylic acids is 6. The molecule has 3 rings (SSSR count). The highest BCUT2D eigenvalue weighted by Gasteiger charge is 2.40. The molecular formula is C49H65FO13. The van der Waals surface area contributed by atoms with Crippen LogP contribution in [-0.4, -0.2) is 75.5 Å². The van der Waals surface area contributed by atoms with Gasteiger partial charge in [-0.1, -0.05) is 64.0 Å². The van der Waals surface area contributed by atoms with E-state index in [0.717, 1.165) is 31.2 Å². The van der Waals surface area contributed by atoms with Gasteiger partial charge in [-0.2, -0.15) is 0 Å². The third-order valence-electron chi connectivity index (χ3n) is 11.0. The average Bonchev–Trinajstić information content (AvgIpc) is 3.27. The molecule has 14 heteroatoms. The Hall–Kier alpha value is -5.53. The molecule has 2 unspecified atom stereocenters. The Morgan fingerprint density at radius 3 is 1.71 bits per heavy atom. The zero-order chi connectivity index (χ0) is 46.7. The van der Waals surface area contributed by atoms with Gasteiger partial charge in [0.25, 0.3) is 0 Å². The quantitative estimate of drug-likeness (QED) is 0.0305. The second-order valence-electron chi connectivity index (χ2n) is 16.4. The number of carbonyl (C=O) groups is 6. The molecule has 2 aromatic carbocycles. The highest BCUT2D eigenvalue weighted by molar-refractivity contribution is 5.95. The van der Waals surface area contributed by atoms with E-state index in [4.69, 9.17) is 33.2 Å². The smallest absolute Gasteiger partial charge is 0.333 e. The van der Waals surface area contributed by atoms with Crippen LogP contribution in [0.1, 0.15) is 117 Å². The number of esters is 6. The SMILES string of the molecule is C=C(C)C(=O)OCc1cc(OCC(COC(=O)C(=C)C)(COC(=O)C(C)C(=O)OCC)COC(=O)C(C)C(=O)OCC)ccc1-c1ccc(C2CCC(CCCCC)CC2)cc1F. The Bertz CT molecular complexity index is 1890. The Kier molecular flexibility index (Phi) is 21.0. The van der Waals surface area contributed by atoms with E-state index in [9.17, 15) is 28.8 Å². The summed E-state index contributed by atoms with van der Waals surface area (Å²) in [6.45, 7) is 15.6. The van der Waals surface area contributed by atoms with E-state index in [1.54, 1.807) is 44.2 Å². The van der Waals surface area contributed by atoms with Gasteiger partial charge in [0, 0.05) is 22.3 Å². The van der Waals surface area contributed by atoms with Crippen molar-refractivity contribution in [2.45, 2.75) is 112 Å². The first kappa shape index (κ1) is 51.8. The van der Waals surface area contributed by atoms with Gasteiger partial charge in [0.2, 0.25) is 0 Å². The van der Waals surface area contributed by atoms with Crippen molar-refractivity contribution in [2.24, 2.45) is 23.2 Å². The molecular weight excluding hydrogens is 816 g/mol. The molecule has 63 heavy (non-hydrogen) atoms. The van der Waals surface area contributed by atoms with E-state index in [0.29, 0.717) is 17.0 Å². The third-order valence-corrected chi connectivity index (χ3v) is 11.0. The molecule has 0 heterocycles.